The number of rotatable bonds is 4. The fraction of sp³-hybridized carbons (Fsp3) is 0.353. The van der Waals surface area contributed by atoms with Crippen LogP contribution < -0.4 is 5.32 Å². The van der Waals surface area contributed by atoms with E-state index in [-0.39, 0.29) is 23.5 Å². The third-order valence-electron chi connectivity index (χ3n) is 4.05. The predicted molar refractivity (Wildman–Crippen MR) is 86.8 cm³/mol. The van der Waals surface area contributed by atoms with Crippen molar-refractivity contribution in [1.82, 2.24) is 14.9 Å². The van der Waals surface area contributed by atoms with Gasteiger partial charge in [-0.3, -0.25) is 14.7 Å². The minimum absolute atomic E-state index is 0.0181. The van der Waals surface area contributed by atoms with E-state index in [9.17, 15) is 9.90 Å². The van der Waals surface area contributed by atoms with E-state index in [1.165, 1.54) is 6.07 Å². The number of hydrogen-bond acceptors (Lipinski definition) is 5. The molecule has 6 nitrogen and oxygen atoms in total. The SMILES string of the molecule is O=C(Nc1ncccc1O)[C@@H]1CCCCN1Cc1cccnc1. The summed E-state index contributed by atoms with van der Waals surface area (Å²) < 4.78 is 0. The molecule has 0 spiro atoms. The first-order valence-electron chi connectivity index (χ1n) is 7.82. The lowest BCUT2D eigenvalue weighted by atomic mass is 10.0. The van der Waals surface area contributed by atoms with Gasteiger partial charge in [-0.25, -0.2) is 4.98 Å². The molecule has 2 N–H and O–H groups in total. The summed E-state index contributed by atoms with van der Waals surface area (Å²) in [5.74, 6) is 0.0717. The Kier molecular flexibility index (Phi) is 4.83. The van der Waals surface area contributed by atoms with Crippen molar-refractivity contribution in [2.75, 3.05) is 11.9 Å². The molecule has 1 fully saturated rings. The van der Waals surface area contributed by atoms with E-state index >= 15 is 0 Å². The number of piperidine rings is 1. The van der Waals surface area contributed by atoms with Crippen molar-refractivity contribution < 1.29 is 9.90 Å². The quantitative estimate of drug-likeness (QED) is 0.904. The van der Waals surface area contributed by atoms with Crippen LogP contribution in [0.1, 0.15) is 24.8 Å². The Bertz CT molecular complexity index is 663. The van der Waals surface area contributed by atoms with Gasteiger partial charge >= 0.3 is 0 Å². The zero-order valence-electron chi connectivity index (χ0n) is 12.9. The van der Waals surface area contributed by atoms with Gasteiger partial charge < -0.3 is 10.4 Å². The first-order chi connectivity index (χ1) is 11.2. The molecule has 0 radical (unpaired) electrons. The first kappa shape index (κ1) is 15.4. The summed E-state index contributed by atoms with van der Waals surface area (Å²) in [6.45, 7) is 1.57. The van der Waals surface area contributed by atoms with Gasteiger partial charge in [0.05, 0.1) is 6.04 Å². The van der Waals surface area contributed by atoms with Gasteiger partial charge in [0.25, 0.3) is 0 Å². The summed E-state index contributed by atoms with van der Waals surface area (Å²) in [5, 5.41) is 12.5. The second-order valence-electron chi connectivity index (χ2n) is 5.70. The van der Waals surface area contributed by atoms with Gasteiger partial charge in [0.1, 0.15) is 0 Å². The molecular weight excluding hydrogens is 292 g/mol. The highest BCUT2D eigenvalue weighted by atomic mass is 16.3. The predicted octanol–water partition coefficient (Wildman–Crippen LogP) is 2.18. The van der Waals surface area contributed by atoms with Crippen LogP contribution in [-0.2, 0) is 11.3 Å². The molecule has 2 aromatic heterocycles. The second-order valence-corrected chi connectivity index (χ2v) is 5.70. The molecule has 23 heavy (non-hydrogen) atoms. The Morgan fingerprint density at radius 3 is 2.96 bits per heavy atom. The summed E-state index contributed by atoms with van der Waals surface area (Å²) in [6, 6.07) is 6.84. The van der Waals surface area contributed by atoms with Gasteiger partial charge in [0.15, 0.2) is 11.6 Å². The highest BCUT2D eigenvalue weighted by Crippen LogP contribution is 2.23. The average molecular weight is 312 g/mol. The third-order valence-corrected chi connectivity index (χ3v) is 4.05. The average Bonchev–Trinajstić information content (AvgIpc) is 2.58. The number of hydrogen-bond donors (Lipinski definition) is 2. The summed E-state index contributed by atoms with van der Waals surface area (Å²) in [7, 11) is 0. The number of carbonyl (C=O) groups is 1. The Morgan fingerprint density at radius 1 is 1.30 bits per heavy atom. The normalized spacial score (nSPS) is 18.5. The minimum atomic E-state index is -0.217. The molecule has 0 unspecified atom stereocenters. The number of nitrogens with zero attached hydrogens (tertiary/aromatic N) is 3. The number of likely N-dealkylation sites (tertiary alicyclic amines) is 1. The molecule has 0 bridgehead atoms. The Morgan fingerprint density at radius 2 is 2.17 bits per heavy atom. The molecule has 1 atom stereocenters. The number of anilines is 1. The van der Waals surface area contributed by atoms with Crippen molar-refractivity contribution in [1.29, 1.82) is 0 Å². The number of aromatic hydroxyl groups is 1. The van der Waals surface area contributed by atoms with E-state index in [4.69, 9.17) is 0 Å². The summed E-state index contributed by atoms with van der Waals surface area (Å²) in [4.78, 5) is 22.9. The van der Waals surface area contributed by atoms with E-state index < -0.39 is 0 Å². The molecule has 6 heteroatoms. The molecular formula is C17H20N4O2. The summed E-state index contributed by atoms with van der Waals surface area (Å²) >= 11 is 0. The van der Waals surface area contributed by atoms with Crippen LogP contribution in [-0.4, -0.2) is 38.5 Å². The van der Waals surface area contributed by atoms with Crippen molar-refractivity contribution in [3.8, 4) is 5.75 Å². The molecule has 3 heterocycles. The lowest BCUT2D eigenvalue weighted by Gasteiger charge is -2.34. The number of aromatic nitrogens is 2. The van der Waals surface area contributed by atoms with Crippen LogP contribution in [0.2, 0.25) is 0 Å². The van der Waals surface area contributed by atoms with E-state index in [2.05, 4.69) is 20.2 Å². The molecule has 1 amide bonds. The molecule has 1 aliphatic rings. The minimum Gasteiger partial charge on any atom is -0.504 e. The molecule has 3 rings (SSSR count). The van der Waals surface area contributed by atoms with Crippen LogP contribution in [0.15, 0.2) is 42.9 Å². The highest BCUT2D eigenvalue weighted by Gasteiger charge is 2.29. The van der Waals surface area contributed by atoms with E-state index in [0.29, 0.717) is 6.54 Å². The molecule has 1 saturated heterocycles. The maximum atomic E-state index is 12.6. The van der Waals surface area contributed by atoms with Crippen molar-refractivity contribution in [2.45, 2.75) is 31.8 Å². The van der Waals surface area contributed by atoms with E-state index in [0.717, 1.165) is 31.4 Å². The molecule has 0 aliphatic carbocycles. The van der Waals surface area contributed by atoms with Crippen LogP contribution in [0.4, 0.5) is 5.82 Å². The largest absolute Gasteiger partial charge is 0.504 e. The zero-order chi connectivity index (χ0) is 16.1. The van der Waals surface area contributed by atoms with Crippen molar-refractivity contribution in [3.05, 3.63) is 48.4 Å². The lowest BCUT2D eigenvalue weighted by Crippen LogP contribution is -2.46. The highest BCUT2D eigenvalue weighted by molar-refractivity contribution is 5.95. The van der Waals surface area contributed by atoms with Crippen molar-refractivity contribution in [3.63, 3.8) is 0 Å². The van der Waals surface area contributed by atoms with Crippen molar-refractivity contribution >= 4 is 11.7 Å². The monoisotopic (exact) mass is 312 g/mol. The first-order valence-corrected chi connectivity index (χ1v) is 7.82. The molecule has 1 aliphatic heterocycles. The molecule has 120 valence electrons. The maximum Gasteiger partial charge on any atom is 0.242 e. The van der Waals surface area contributed by atoms with Crippen LogP contribution in [0.25, 0.3) is 0 Å². The van der Waals surface area contributed by atoms with Crippen LogP contribution >= 0.6 is 0 Å². The standard InChI is InChI=1S/C17H20N4O2/c22-15-7-4-9-19-16(15)20-17(23)14-6-1-2-10-21(14)12-13-5-3-8-18-11-13/h3-5,7-9,11,14,22H,1-2,6,10,12H2,(H,19,20,23)/t14-/m0/s1. The van der Waals surface area contributed by atoms with Gasteiger partial charge in [0, 0.05) is 25.1 Å². The van der Waals surface area contributed by atoms with Crippen LogP contribution in [0, 0.1) is 0 Å². The Hall–Kier alpha value is -2.47. The molecule has 0 aromatic carbocycles. The zero-order valence-corrected chi connectivity index (χ0v) is 12.9. The smallest absolute Gasteiger partial charge is 0.242 e. The Balaban J connectivity index is 1.70. The summed E-state index contributed by atoms with van der Waals surface area (Å²) in [5.41, 5.74) is 1.09. The number of pyridine rings is 2. The number of carbonyl (C=O) groups excluding carboxylic acids is 1. The van der Waals surface area contributed by atoms with Gasteiger partial charge in [-0.2, -0.15) is 0 Å². The molecule has 2 aromatic rings. The van der Waals surface area contributed by atoms with Crippen LogP contribution in [0.5, 0.6) is 5.75 Å². The lowest BCUT2D eigenvalue weighted by molar-refractivity contribution is -0.122. The number of amides is 1. The molecule has 0 saturated carbocycles. The third kappa shape index (κ3) is 3.84. The maximum absolute atomic E-state index is 12.6. The van der Waals surface area contributed by atoms with Gasteiger partial charge in [-0.1, -0.05) is 12.5 Å². The van der Waals surface area contributed by atoms with Gasteiger partial charge in [-0.15, -0.1) is 0 Å². The van der Waals surface area contributed by atoms with Crippen molar-refractivity contribution in [2.24, 2.45) is 0 Å². The fourth-order valence-electron chi connectivity index (χ4n) is 2.90. The number of nitrogens with one attached hydrogen (secondary N) is 1. The van der Waals surface area contributed by atoms with Gasteiger partial charge in [-0.05, 0) is 43.1 Å². The van der Waals surface area contributed by atoms with Gasteiger partial charge in [0.2, 0.25) is 5.91 Å². The fourth-order valence-corrected chi connectivity index (χ4v) is 2.90. The Labute approximate surface area is 135 Å². The van der Waals surface area contributed by atoms with E-state index in [1.807, 2.05) is 18.3 Å². The van der Waals surface area contributed by atoms with E-state index in [1.54, 1.807) is 18.5 Å². The second kappa shape index (κ2) is 7.19. The topological polar surface area (TPSA) is 78.3 Å². The van der Waals surface area contributed by atoms with Crippen LogP contribution in [0.3, 0.4) is 0 Å². The summed E-state index contributed by atoms with van der Waals surface area (Å²) in [6.07, 6.45) is 8.03.